The van der Waals surface area contributed by atoms with E-state index < -0.39 is 47.9 Å². The SMILES string of the molecule is CCC(C)C(N)C(=O)NC(CS)C(=O)NC(CCCCN)C(=O)N1CCCC1C(=O)O. The number of hydrogen-bond acceptors (Lipinski definition) is 7. The van der Waals surface area contributed by atoms with Crippen LogP contribution in [-0.2, 0) is 19.2 Å². The van der Waals surface area contributed by atoms with E-state index in [0.717, 1.165) is 0 Å². The predicted octanol–water partition coefficient (Wildman–Crippen LogP) is -0.536. The van der Waals surface area contributed by atoms with Gasteiger partial charge in [0.25, 0.3) is 0 Å². The molecule has 1 fully saturated rings. The number of nitrogens with one attached hydrogen (secondary N) is 2. The minimum atomic E-state index is -1.06. The third-order valence-electron chi connectivity index (χ3n) is 5.76. The Hall–Kier alpha value is -1.85. The lowest BCUT2D eigenvalue weighted by molar-refractivity contribution is -0.149. The largest absolute Gasteiger partial charge is 0.480 e. The average molecular weight is 460 g/mol. The third-order valence-corrected chi connectivity index (χ3v) is 6.12. The van der Waals surface area contributed by atoms with Gasteiger partial charge in [0.05, 0.1) is 6.04 Å². The van der Waals surface area contributed by atoms with Crippen LogP contribution in [0.15, 0.2) is 0 Å². The molecule has 1 heterocycles. The van der Waals surface area contributed by atoms with Crippen LogP contribution in [-0.4, -0.2) is 76.7 Å². The summed E-state index contributed by atoms with van der Waals surface area (Å²) >= 11 is 4.16. The van der Waals surface area contributed by atoms with Gasteiger partial charge in [0.2, 0.25) is 17.7 Å². The summed E-state index contributed by atoms with van der Waals surface area (Å²) in [4.78, 5) is 51.0. The summed E-state index contributed by atoms with van der Waals surface area (Å²) in [5.74, 6) is -2.54. The van der Waals surface area contributed by atoms with Crippen molar-refractivity contribution in [3.8, 4) is 0 Å². The van der Waals surface area contributed by atoms with Gasteiger partial charge in [-0.05, 0) is 44.6 Å². The van der Waals surface area contributed by atoms with Crippen molar-refractivity contribution in [3.05, 3.63) is 0 Å². The van der Waals surface area contributed by atoms with Crippen LogP contribution >= 0.6 is 12.6 Å². The zero-order chi connectivity index (χ0) is 23.6. The molecule has 10 nitrogen and oxygen atoms in total. The van der Waals surface area contributed by atoms with Crippen molar-refractivity contribution in [2.24, 2.45) is 17.4 Å². The van der Waals surface area contributed by atoms with E-state index in [4.69, 9.17) is 11.5 Å². The second-order valence-electron chi connectivity index (χ2n) is 8.03. The molecule has 0 saturated carbocycles. The first kappa shape index (κ1) is 27.2. The molecule has 0 radical (unpaired) electrons. The molecule has 5 atom stereocenters. The molecule has 3 amide bonds. The van der Waals surface area contributed by atoms with Crippen LogP contribution in [0.3, 0.4) is 0 Å². The van der Waals surface area contributed by atoms with E-state index in [9.17, 15) is 24.3 Å². The van der Waals surface area contributed by atoms with Gasteiger partial charge in [-0.2, -0.15) is 12.6 Å². The number of carbonyl (C=O) groups excluding carboxylic acids is 3. The second-order valence-corrected chi connectivity index (χ2v) is 8.39. The normalized spacial score (nSPS) is 19.9. The van der Waals surface area contributed by atoms with Crippen molar-refractivity contribution in [1.29, 1.82) is 0 Å². The number of carbonyl (C=O) groups is 4. The number of hydrogen-bond donors (Lipinski definition) is 6. The molecule has 0 aromatic rings. The fraction of sp³-hybridized carbons (Fsp3) is 0.800. The van der Waals surface area contributed by atoms with Crippen LogP contribution in [0.5, 0.6) is 0 Å². The number of likely N-dealkylation sites (tertiary alicyclic amines) is 1. The molecule has 7 N–H and O–H groups in total. The molecule has 1 aliphatic heterocycles. The highest BCUT2D eigenvalue weighted by Gasteiger charge is 2.38. The maximum Gasteiger partial charge on any atom is 0.326 e. The Labute approximate surface area is 189 Å². The number of amides is 3. The topological polar surface area (TPSA) is 168 Å². The first-order chi connectivity index (χ1) is 14.7. The minimum absolute atomic E-state index is 0.0238. The van der Waals surface area contributed by atoms with Crippen molar-refractivity contribution >= 4 is 36.3 Å². The molecule has 1 rings (SSSR count). The molecule has 0 aromatic heterocycles. The van der Waals surface area contributed by atoms with Crippen molar-refractivity contribution in [2.75, 3.05) is 18.8 Å². The molecule has 1 saturated heterocycles. The highest BCUT2D eigenvalue weighted by Crippen LogP contribution is 2.20. The Kier molecular flexibility index (Phi) is 11.9. The summed E-state index contributed by atoms with van der Waals surface area (Å²) in [5, 5.41) is 14.7. The maximum atomic E-state index is 13.0. The Balaban J connectivity index is 2.88. The zero-order valence-corrected chi connectivity index (χ0v) is 19.3. The van der Waals surface area contributed by atoms with Crippen LogP contribution in [0.4, 0.5) is 0 Å². The summed E-state index contributed by atoms with van der Waals surface area (Å²) in [7, 11) is 0. The number of thiol groups is 1. The number of aliphatic carboxylic acids is 1. The van der Waals surface area contributed by atoms with E-state index in [0.29, 0.717) is 51.6 Å². The van der Waals surface area contributed by atoms with Gasteiger partial charge in [0, 0.05) is 12.3 Å². The van der Waals surface area contributed by atoms with Gasteiger partial charge in [0.1, 0.15) is 18.1 Å². The molecule has 0 aliphatic carbocycles. The van der Waals surface area contributed by atoms with Gasteiger partial charge in [-0.1, -0.05) is 20.3 Å². The first-order valence-electron chi connectivity index (χ1n) is 10.9. The summed E-state index contributed by atoms with van der Waals surface area (Å²) in [6, 6.07) is -3.52. The Morgan fingerprint density at radius 1 is 1.16 bits per heavy atom. The lowest BCUT2D eigenvalue weighted by atomic mass is 9.99. The molecule has 0 bridgehead atoms. The van der Waals surface area contributed by atoms with Crippen molar-refractivity contribution < 1.29 is 24.3 Å². The van der Waals surface area contributed by atoms with Gasteiger partial charge in [-0.15, -0.1) is 0 Å². The van der Waals surface area contributed by atoms with Gasteiger partial charge >= 0.3 is 5.97 Å². The molecular weight excluding hydrogens is 422 g/mol. The van der Waals surface area contributed by atoms with E-state index in [2.05, 4.69) is 23.3 Å². The standard InChI is InChI=1S/C20H37N5O5S/c1-3-12(2)16(22)18(27)24-14(11-31)17(26)23-13(7-4-5-9-21)19(28)25-10-6-8-15(25)20(29)30/h12-16,31H,3-11,21-22H2,1-2H3,(H,23,26)(H,24,27)(H,29,30). The summed E-state index contributed by atoms with van der Waals surface area (Å²) in [5.41, 5.74) is 11.5. The van der Waals surface area contributed by atoms with E-state index in [1.165, 1.54) is 4.90 Å². The fourth-order valence-electron chi connectivity index (χ4n) is 3.48. The number of unbranched alkanes of at least 4 members (excludes halogenated alkanes) is 1. The monoisotopic (exact) mass is 459 g/mol. The fourth-order valence-corrected chi connectivity index (χ4v) is 3.74. The Morgan fingerprint density at radius 2 is 1.81 bits per heavy atom. The van der Waals surface area contributed by atoms with E-state index in [1.807, 2.05) is 13.8 Å². The third kappa shape index (κ3) is 7.97. The number of rotatable bonds is 13. The van der Waals surface area contributed by atoms with E-state index >= 15 is 0 Å². The Morgan fingerprint density at radius 3 is 2.35 bits per heavy atom. The summed E-state index contributed by atoms with van der Waals surface area (Å²) < 4.78 is 0. The van der Waals surface area contributed by atoms with Crippen LogP contribution in [0.2, 0.25) is 0 Å². The van der Waals surface area contributed by atoms with Gasteiger partial charge < -0.3 is 32.1 Å². The summed E-state index contributed by atoms with van der Waals surface area (Å²) in [6.45, 7) is 4.54. The van der Waals surface area contributed by atoms with Crippen LogP contribution in [0.1, 0.15) is 52.4 Å². The second kappa shape index (κ2) is 13.5. The smallest absolute Gasteiger partial charge is 0.326 e. The van der Waals surface area contributed by atoms with Crippen LogP contribution < -0.4 is 22.1 Å². The molecule has 178 valence electrons. The molecular formula is C20H37N5O5S. The van der Waals surface area contributed by atoms with Crippen LogP contribution in [0.25, 0.3) is 0 Å². The van der Waals surface area contributed by atoms with Crippen molar-refractivity contribution in [2.45, 2.75) is 76.5 Å². The van der Waals surface area contributed by atoms with E-state index in [1.54, 1.807) is 0 Å². The van der Waals surface area contributed by atoms with Gasteiger partial charge in [-0.25, -0.2) is 4.79 Å². The maximum absolute atomic E-state index is 13.0. The lowest BCUT2D eigenvalue weighted by Crippen LogP contribution is -2.58. The molecule has 1 aliphatic rings. The minimum Gasteiger partial charge on any atom is -0.480 e. The van der Waals surface area contributed by atoms with Gasteiger partial charge in [0.15, 0.2) is 0 Å². The quantitative estimate of drug-likeness (QED) is 0.159. The number of carboxylic acids is 1. The van der Waals surface area contributed by atoms with Crippen molar-refractivity contribution in [1.82, 2.24) is 15.5 Å². The molecule has 11 heteroatoms. The van der Waals surface area contributed by atoms with E-state index in [-0.39, 0.29) is 11.7 Å². The highest BCUT2D eigenvalue weighted by atomic mass is 32.1. The first-order valence-corrected chi connectivity index (χ1v) is 11.5. The zero-order valence-electron chi connectivity index (χ0n) is 18.4. The van der Waals surface area contributed by atoms with Crippen molar-refractivity contribution in [3.63, 3.8) is 0 Å². The molecule has 0 spiro atoms. The number of nitrogens with two attached hydrogens (primary N) is 2. The predicted molar refractivity (Wildman–Crippen MR) is 120 cm³/mol. The van der Waals surface area contributed by atoms with Crippen LogP contribution in [0, 0.1) is 5.92 Å². The summed E-state index contributed by atoms with van der Waals surface area (Å²) in [6.07, 6.45) is 3.27. The Bertz CT molecular complexity index is 635. The number of nitrogens with zero attached hydrogens (tertiary/aromatic N) is 1. The molecule has 31 heavy (non-hydrogen) atoms. The highest BCUT2D eigenvalue weighted by molar-refractivity contribution is 7.80. The van der Waals surface area contributed by atoms with Gasteiger partial charge in [-0.3, -0.25) is 14.4 Å². The lowest BCUT2D eigenvalue weighted by Gasteiger charge is -2.29. The average Bonchev–Trinajstić information content (AvgIpc) is 3.25. The molecule has 0 aromatic carbocycles. The molecule has 5 unspecified atom stereocenters. The number of carboxylic acid groups (broad SMARTS) is 1.